The van der Waals surface area contributed by atoms with Crippen LogP contribution in [-0.2, 0) is 7.05 Å². The highest BCUT2D eigenvalue weighted by molar-refractivity contribution is 5.74. The van der Waals surface area contributed by atoms with Crippen LogP contribution in [0.3, 0.4) is 0 Å². The van der Waals surface area contributed by atoms with Crippen molar-refractivity contribution >= 4 is 18.2 Å². The van der Waals surface area contributed by atoms with E-state index in [1.54, 1.807) is 6.08 Å². The Bertz CT molecular complexity index is 431. The number of aromatic nitrogens is 1. The summed E-state index contributed by atoms with van der Waals surface area (Å²) >= 11 is 0. The molecule has 0 aliphatic carbocycles. The second-order valence-electron chi connectivity index (χ2n) is 3.36. The molecule has 0 radical (unpaired) electrons. The van der Waals surface area contributed by atoms with E-state index in [4.69, 9.17) is 0 Å². The van der Waals surface area contributed by atoms with Gasteiger partial charge < -0.3 is 4.57 Å². The maximum Gasteiger partial charge on any atom is 0.0479 e. The summed E-state index contributed by atoms with van der Waals surface area (Å²) in [6, 6.07) is 0. The summed E-state index contributed by atoms with van der Waals surface area (Å²) in [5.74, 6) is 0. The van der Waals surface area contributed by atoms with Crippen molar-refractivity contribution in [2.24, 2.45) is 7.05 Å². The fraction of sp³-hybridized carbons (Fsp3) is 0.143. The lowest BCUT2D eigenvalue weighted by molar-refractivity contribution is 0.870. The van der Waals surface area contributed by atoms with Crippen molar-refractivity contribution in [2.75, 3.05) is 0 Å². The van der Waals surface area contributed by atoms with Crippen LogP contribution >= 0.6 is 0 Å². The van der Waals surface area contributed by atoms with E-state index in [1.165, 1.54) is 11.3 Å². The molecule has 1 rings (SSSR count). The van der Waals surface area contributed by atoms with Crippen LogP contribution in [0.15, 0.2) is 31.9 Å². The molecule has 78 valence electrons. The molecule has 0 N–H and O–H groups in total. The lowest BCUT2D eigenvalue weighted by Gasteiger charge is -1.99. The van der Waals surface area contributed by atoms with Gasteiger partial charge in [-0.05, 0) is 13.0 Å². The summed E-state index contributed by atoms with van der Waals surface area (Å²) in [5, 5.41) is 0. The Kier molecular flexibility index (Phi) is 3.51. The van der Waals surface area contributed by atoms with Crippen molar-refractivity contribution in [3.8, 4) is 0 Å². The smallest absolute Gasteiger partial charge is 0.0479 e. The highest BCUT2D eigenvalue weighted by Gasteiger charge is 2.11. The Morgan fingerprint density at radius 1 is 1.07 bits per heavy atom. The van der Waals surface area contributed by atoms with E-state index in [9.17, 15) is 0 Å². The third kappa shape index (κ3) is 1.86. The van der Waals surface area contributed by atoms with E-state index in [-0.39, 0.29) is 0 Å². The van der Waals surface area contributed by atoms with Crippen LogP contribution in [0.4, 0.5) is 0 Å². The van der Waals surface area contributed by atoms with Crippen LogP contribution in [0, 0.1) is 6.92 Å². The normalized spacial score (nSPS) is 10.5. The molecular formula is C14H17N. The molecule has 1 aromatic rings. The van der Waals surface area contributed by atoms with Crippen LogP contribution in [0.5, 0.6) is 0 Å². The molecule has 0 spiro atoms. The minimum Gasteiger partial charge on any atom is -0.347 e. The predicted octanol–water partition coefficient (Wildman–Crippen LogP) is 3.82. The Morgan fingerprint density at radius 3 is 2.20 bits per heavy atom. The van der Waals surface area contributed by atoms with Crippen LogP contribution in [-0.4, -0.2) is 4.57 Å². The van der Waals surface area contributed by atoms with Gasteiger partial charge >= 0.3 is 0 Å². The van der Waals surface area contributed by atoms with Crippen LogP contribution in [0.1, 0.15) is 22.5 Å². The van der Waals surface area contributed by atoms with Crippen molar-refractivity contribution in [2.45, 2.75) is 6.92 Å². The highest BCUT2D eigenvalue weighted by atomic mass is 15.0. The van der Waals surface area contributed by atoms with Gasteiger partial charge in [-0.3, -0.25) is 0 Å². The molecule has 0 fully saturated rings. The zero-order valence-electron chi connectivity index (χ0n) is 9.46. The first-order valence-electron chi connectivity index (χ1n) is 4.90. The zero-order valence-corrected chi connectivity index (χ0v) is 9.46. The number of hydrogen-bond donors (Lipinski definition) is 0. The molecule has 15 heavy (non-hydrogen) atoms. The summed E-state index contributed by atoms with van der Waals surface area (Å²) in [6.45, 7) is 13.4. The fourth-order valence-electron chi connectivity index (χ4n) is 1.71. The van der Waals surface area contributed by atoms with Gasteiger partial charge in [0.1, 0.15) is 0 Å². The van der Waals surface area contributed by atoms with Gasteiger partial charge in [0.2, 0.25) is 0 Å². The standard InChI is InChI=1S/C14H17N/c1-6-9-10-13-11(4)15(5)14(8-3)12(13)7-2/h6-10H,1-3H2,4-5H3/b10-9-. The minimum atomic E-state index is 1.10. The number of hydrogen-bond acceptors (Lipinski definition) is 0. The van der Waals surface area contributed by atoms with Gasteiger partial charge in [0.15, 0.2) is 0 Å². The topological polar surface area (TPSA) is 4.93 Å². The molecule has 0 saturated carbocycles. The van der Waals surface area contributed by atoms with Crippen LogP contribution in [0.2, 0.25) is 0 Å². The summed E-state index contributed by atoms with van der Waals surface area (Å²) in [4.78, 5) is 0. The summed E-state index contributed by atoms with van der Waals surface area (Å²) in [5.41, 5.74) is 4.62. The van der Waals surface area contributed by atoms with Crippen molar-refractivity contribution in [3.63, 3.8) is 0 Å². The molecule has 0 unspecified atom stereocenters. The quantitative estimate of drug-likeness (QED) is 0.650. The zero-order chi connectivity index (χ0) is 11.4. The molecule has 0 saturated heterocycles. The van der Waals surface area contributed by atoms with Gasteiger partial charge in [-0.1, -0.05) is 44.0 Å². The van der Waals surface area contributed by atoms with Gasteiger partial charge in [-0.15, -0.1) is 0 Å². The first kappa shape index (κ1) is 11.3. The second-order valence-corrected chi connectivity index (χ2v) is 3.36. The Morgan fingerprint density at radius 2 is 1.73 bits per heavy atom. The third-order valence-electron chi connectivity index (χ3n) is 2.62. The molecular weight excluding hydrogens is 182 g/mol. The largest absolute Gasteiger partial charge is 0.347 e. The molecule has 1 heterocycles. The summed E-state index contributed by atoms with van der Waals surface area (Å²) in [6.07, 6.45) is 9.48. The number of nitrogens with zero attached hydrogens (tertiary/aromatic N) is 1. The van der Waals surface area contributed by atoms with Crippen LogP contribution < -0.4 is 0 Å². The van der Waals surface area contributed by atoms with Gasteiger partial charge in [0, 0.05) is 29.6 Å². The van der Waals surface area contributed by atoms with Gasteiger partial charge in [-0.2, -0.15) is 0 Å². The second kappa shape index (κ2) is 4.65. The Balaban J connectivity index is 3.49. The first-order valence-corrected chi connectivity index (χ1v) is 4.90. The lowest BCUT2D eigenvalue weighted by atomic mass is 10.1. The fourth-order valence-corrected chi connectivity index (χ4v) is 1.71. The van der Waals surface area contributed by atoms with E-state index in [1.807, 2.05) is 31.4 Å². The first-order chi connectivity index (χ1) is 7.17. The van der Waals surface area contributed by atoms with Crippen LogP contribution in [0.25, 0.3) is 18.2 Å². The van der Waals surface area contributed by atoms with Gasteiger partial charge in [0.05, 0.1) is 0 Å². The van der Waals surface area contributed by atoms with E-state index in [2.05, 4.69) is 31.2 Å². The molecule has 0 bridgehead atoms. The average molecular weight is 199 g/mol. The van der Waals surface area contributed by atoms with Crippen molar-refractivity contribution < 1.29 is 0 Å². The van der Waals surface area contributed by atoms with Crippen molar-refractivity contribution in [1.82, 2.24) is 4.57 Å². The summed E-state index contributed by atoms with van der Waals surface area (Å²) in [7, 11) is 2.03. The molecule has 1 heteroatoms. The average Bonchev–Trinajstić information content (AvgIpc) is 2.48. The van der Waals surface area contributed by atoms with E-state index >= 15 is 0 Å². The maximum atomic E-state index is 3.84. The molecule has 0 atom stereocenters. The minimum absolute atomic E-state index is 1.10. The molecule has 1 aromatic heterocycles. The monoisotopic (exact) mass is 199 g/mol. The number of allylic oxidation sites excluding steroid dienone is 2. The highest BCUT2D eigenvalue weighted by Crippen LogP contribution is 2.25. The Hall–Kier alpha value is -1.76. The van der Waals surface area contributed by atoms with E-state index in [0.29, 0.717) is 0 Å². The van der Waals surface area contributed by atoms with Gasteiger partial charge in [-0.25, -0.2) is 0 Å². The predicted molar refractivity (Wildman–Crippen MR) is 69.6 cm³/mol. The molecule has 0 amide bonds. The molecule has 0 aliphatic heterocycles. The van der Waals surface area contributed by atoms with E-state index in [0.717, 1.165) is 11.3 Å². The van der Waals surface area contributed by atoms with Crippen molar-refractivity contribution in [1.29, 1.82) is 0 Å². The third-order valence-corrected chi connectivity index (χ3v) is 2.62. The summed E-state index contributed by atoms with van der Waals surface area (Å²) < 4.78 is 2.12. The molecule has 1 nitrogen and oxygen atoms in total. The Labute approximate surface area is 91.7 Å². The molecule has 0 aromatic carbocycles. The molecule has 0 aliphatic rings. The lowest BCUT2D eigenvalue weighted by Crippen LogP contribution is -1.93. The van der Waals surface area contributed by atoms with E-state index < -0.39 is 0 Å². The maximum absolute atomic E-state index is 3.84. The van der Waals surface area contributed by atoms with Crippen molar-refractivity contribution in [3.05, 3.63) is 54.4 Å². The SMILES string of the molecule is C=C/C=C\c1c(C=C)c(C=C)n(C)c1C. The number of rotatable bonds is 4. The van der Waals surface area contributed by atoms with Gasteiger partial charge in [0.25, 0.3) is 0 Å².